The number of amides is 1. The van der Waals surface area contributed by atoms with E-state index < -0.39 is 0 Å². The molecule has 0 unspecified atom stereocenters. The van der Waals surface area contributed by atoms with Crippen molar-refractivity contribution < 1.29 is 4.79 Å². The molecule has 14 heavy (non-hydrogen) atoms. The lowest BCUT2D eigenvalue weighted by Crippen LogP contribution is -2.36. The highest BCUT2D eigenvalue weighted by Gasteiger charge is 2.10. The molecule has 82 valence electrons. The van der Waals surface area contributed by atoms with Gasteiger partial charge in [0, 0.05) is 33.1 Å². The maximum atomic E-state index is 10.7. The summed E-state index contributed by atoms with van der Waals surface area (Å²) in [4.78, 5) is 15.4. The first-order valence-corrected chi connectivity index (χ1v) is 5.34. The zero-order valence-corrected chi connectivity index (χ0v) is 9.25. The molecular formula is C10H21N3O. The number of carbonyl (C=O) groups excluding carboxylic acids is 1. The minimum absolute atomic E-state index is 0.0666. The Balaban J connectivity index is 2.14. The molecule has 1 rings (SSSR count). The molecule has 4 heteroatoms. The Morgan fingerprint density at radius 3 is 2.79 bits per heavy atom. The van der Waals surface area contributed by atoms with Crippen molar-refractivity contribution in [2.75, 3.05) is 46.3 Å². The molecule has 0 spiro atoms. The molecule has 0 bridgehead atoms. The molecule has 4 nitrogen and oxygen atoms in total. The van der Waals surface area contributed by atoms with E-state index in [0.29, 0.717) is 0 Å². The van der Waals surface area contributed by atoms with Crippen LogP contribution in [0.3, 0.4) is 0 Å². The van der Waals surface area contributed by atoms with E-state index in [-0.39, 0.29) is 5.91 Å². The molecule has 0 radical (unpaired) electrons. The Labute approximate surface area is 86.2 Å². The highest BCUT2D eigenvalue weighted by atomic mass is 16.1. The van der Waals surface area contributed by atoms with E-state index in [9.17, 15) is 4.79 Å². The lowest BCUT2D eigenvalue weighted by atomic mass is 10.4. The van der Waals surface area contributed by atoms with Gasteiger partial charge in [0.05, 0.1) is 0 Å². The van der Waals surface area contributed by atoms with Crippen molar-refractivity contribution in [3.05, 3.63) is 0 Å². The largest absolute Gasteiger partial charge is 0.355 e. The summed E-state index contributed by atoms with van der Waals surface area (Å²) in [6.07, 6.45) is 1.23. The molecule has 0 saturated carbocycles. The van der Waals surface area contributed by atoms with Crippen LogP contribution >= 0.6 is 0 Å². The number of carbonyl (C=O) groups is 1. The molecule has 1 heterocycles. The number of likely N-dealkylation sites (N-methyl/N-ethyl adjacent to an activating group) is 1. The molecular weight excluding hydrogens is 178 g/mol. The van der Waals surface area contributed by atoms with E-state index in [4.69, 9.17) is 0 Å². The summed E-state index contributed by atoms with van der Waals surface area (Å²) in [7, 11) is 2.16. The van der Waals surface area contributed by atoms with Gasteiger partial charge in [-0.3, -0.25) is 4.79 Å². The third-order valence-corrected chi connectivity index (χ3v) is 2.61. The summed E-state index contributed by atoms with van der Waals surface area (Å²) < 4.78 is 0. The van der Waals surface area contributed by atoms with Gasteiger partial charge >= 0.3 is 0 Å². The molecule has 1 N–H and O–H groups in total. The Morgan fingerprint density at radius 1 is 1.29 bits per heavy atom. The van der Waals surface area contributed by atoms with Crippen molar-refractivity contribution in [3.63, 3.8) is 0 Å². The highest BCUT2D eigenvalue weighted by molar-refractivity contribution is 5.72. The maximum Gasteiger partial charge on any atom is 0.216 e. The van der Waals surface area contributed by atoms with Crippen molar-refractivity contribution in [3.8, 4) is 0 Å². The van der Waals surface area contributed by atoms with Gasteiger partial charge in [-0.15, -0.1) is 0 Å². The smallest absolute Gasteiger partial charge is 0.216 e. The van der Waals surface area contributed by atoms with Gasteiger partial charge in [-0.2, -0.15) is 0 Å². The van der Waals surface area contributed by atoms with Gasteiger partial charge in [0.25, 0.3) is 0 Å². The van der Waals surface area contributed by atoms with E-state index in [0.717, 1.165) is 32.7 Å². The van der Waals surface area contributed by atoms with Crippen LogP contribution in [0.1, 0.15) is 13.3 Å². The van der Waals surface area contributed by atoms with E-state index >= 15 is 0 Å². The summed E-state index contributed by atoms with van der Waals surface area (Å²) in [6.45, 7) is 7.93. The first-order valence-electron chi connectivity index (χ1n) is 5.34. The van der Waals surface area contributed by atoms with Crippen LogP contribution in [0.15, 0.2) is 0 Å². The summed E-state index contributed by atoms with van der Waals surface area (Å²) in [5, 5.41) is 2.83. The molecule has 1 aliphatic heterocycles. The van der Waals surface area contributed by atoms with Crippen molar-refractivity contribution in [2.24, 2.45) is 0 Å². The van der Waals surface area contributed by atoms with Crippen molar-refractivity contribution in [1.82, 2.24) is 15.1 Å². The number of nitrogens with zero attached hydrogens (tertiary/aromatic N) is 2. The Kier molecular flexibility index (Phi) is 4.90. The van der Waals surface area contributed by atoms with Gasteiger partial charge in [-0.05, 0) is 26.6 Å². The molecule has 1 amide bonds. The Morgan fingerprint density at radius 2 is 2.07 bits per heavy atom. The molecule has 1 saturated heterocycles. The van der Waals surface area contributed by atoms with Gasteiger partial charge in [-0.1, -0.05) is 0 Å². The van der Waals surface area contributed by atoms with Crippen LogP contribution in [0, 0.1) is 0 Å². The number of rotatable bonds is 3. The van der Waals surface area contributed by atoms with E-state index in [1.54, 1.807) is 6.92 Å². The second kappa shape index (κ2) is 5.98. The van der Waals surface area contributed by atoms with Crippen LogP contribution in [0.25, 0.3) is 0 Å². The van der Waals surface area contributed by atoms with Crippen molar-refractivity contribution >= 4 is 5.91 Å². The monoisotopic (exact) mass is 199 g/mol. The van der Waals surface area contributed by atoms with Crippen LogP contribution in [-0.4, -0.2) is 62.0 Å². The lowest BCUT2D eigenvalue weighted by Gasteiger charge is -2.19. The number of nitrogens with one attached hydrogen (secondary N) is 1. The summed E-state index contributed by atoms with van der Waals surface area (Å²) in [6, 6.07) is 0. The summed E-state index contributed by atoms with van der Waals surface area (Å²) in [5.74, 6) is 0.0666. The third kappa shape index (κ3) is 4.58. The molecule has 0 aliphatic carbocycles. The molecule has 1 fully saturated rings. The molecule has 0 aromatic rings. The number of hydrogen-bond acceptors (Lipinski definition) is 3. The second-order valence-electron chi connectivity index (χ2n) is 3.98. The predicted octanol–water partition coefficient (Wildman–Crippen LogP) is -0.240. The van der Waals surface area contributed by atoms with Crippen molar-refractivity contribution in [1.29, 1.82) is 0 Å². The number of hydrogen-bond donors (Lipinski definition) is 1. The average Bonchev–Trinajstić information content (AvgIpc) is 2.30. The van der Waals surface area contributed by atoms with Gasteiger partial charge in [0.2, 0.25) is 5.91 Å². The quantitative estimate of drug-likeness (QED) is 0.681. The second-order valence-corrected chi connectivity index (χ2v) is 3.98. The topological polar surface area (TPSA) is 35.6 Å². The van der Waals surface area contributed by atoms with E-state index in [2.05, 4.69) is 22.2 Å². The minimum Gasteiger partial charge on any atom is -0.355 e. The first-order chi connectivity index (χ1) is 6.68. The van der Waals surface area contributed by atoms with Crippen LogP contribution in [-0.2, 0) is 4.79 Å². The van der Waals surface area contributed by atoms with E-state index in [1.165, 1.54) is 13.0 Å². The van der Waals surface area contributed by atoms with Crippen molar-refractivity contribution in [2.45, 2.75) is 13.3 Å². The highest BCUT2D eigenvalue weighted by Crippen LogP contribution is 1.99. The summed E-state index contributed by atoms with van der Waals surface area (Å²) in [5.41, 5.74) is 0. The first kappa shape index (κ1) is 11.5. The minimum atomic E-state index is 0.0666. The standard InChI is InChI=1S/C10H21N3O/c1-10(14)11-4-7-13-6-3-5-12(2)8-9-13/h3-9H2,1-2H3,(H,11,14). The molecule has 1 aliphatic rings. The summed E-state index contributed by atoms with van der Waals surface area (Å²) >= 11 is 0. The van der Waals surface area contributed by atoms with Gasteiger partial charge in [0.15, 0.2) is 0 Å². The van der Waals surface area contributed by atoms with Gasteiger partial charge in [0.1, 0.15) is 0 Å². The fourth-order valence-corrected chi connectivity index (χ4v) is 1.71. The average molecular weight is 199 g/mol. The normalized spacial score (nSPS) is 20.4. The van der Waals surface area contributed by atoms with Crippen LogP contribution < -0.4 is 5.32 Å². The predicted molar refractivity (Wildman–Crippen MR) is 57.2 cm³/mol. The molecule has 0 aromatic heterocycles. The zero-order valence-electron chi connectivity index (χ0n) is 9.25. The van der Waals surface area contributed by atoms with Gasteiger partial charge < -0.3 is 15.1 Å². The fraction of sp³-hybridized carbons (Fsp3) is 0.900. The van der Waals surface area contributed by atoms with Crippen LogP contribution in [0.5, 0.6) is 0 Å². The zero-order chi connectivity index (χ0) is 10.4. The van der Waals surface area contributed by atoms with Crippen LogP contribution in [0.4, 0.5) is 0 Å². The Hall–Kier alpha value is -0.610. The molecule has 0 aromatic carbocycles. The lowest BCUT2D eigenvalue weighted by molar-refractivity contribution is -0.119. The Bertz CT molecular complexity index is 184. The fourth-order valence-electron chi connectivity index (χ4n) is 1.71. The SMILES string of the molecule is CC(=O)NCCN1CCCN(C)CC1. The van der Waals surface area contributed by atoms with Gasteiger partial charge in [-0.25, -0.2) is 0 Å². The maximum absolute atomic E-state index is 10.7. The van der Waals surface area contributed by atoms with E-state index in [1.807, 2.05) is 0 Å². The third-order valence-electron chi connectivity index (χ3n) is 2.61. The molecule has 0 atom stereocenters. The van der Waals surface area contributed by atoms with Crippen LogP contribution in [0.2, 0.25) is 0 Å².